The standard InChI is InChI=1S/C17H24N4O3/c1-4-20(5-2)9-6-8-18-15(22)14-16(23)19-13-11-12(3)7-10-21(13)17(14)24/h7,10-11,23H,4-6,8-9H2,1-3H3,(H,18,22). The van der Waals surface area contributed by atoms with Crippen LogP contribution in [0.5, 0.6) is 5.88 Å². The highest BCUT2D eigenvalue weighted by Gasteiger charge is 2.19. The van der Waals surface area contributed by atoms with E-state index in [1.54, 1.807) is 18.3 Å². The summed E-state index contributed by atoms with van der Waals surface area (Å²) in [7, 11) is 0. The van der Waals surface area contributed by atoms with Gasteiger partial charge in [-0.1, -0.05) is 13.8 Å². The van der Waals surface area contributed by atoms with Crippen LogP contribution in [0.1, 0.15) is 36.2 Å². The number of nitrogens with zero attached hydrogens (tertiary/aromatic N) is 3. The van der Waals surface area contributed by atoms with Gasteiger partial charge in [0, 0.05) is 12.7 Å². The molecule has 0 saturated carbocycles. The van der Waals surface area contributed by atoms with Crippen molar-refractivity contribution in [2.45, 2.75) is 27.2 Å². The van der Waals surface area contributed by atoms with E-state index in [1.165, 1.54) is 4.40 Å². The average molecular weight is 332 g/mol. The molecule has 0 radical (unpaired) electrons. The van der Waals surface area contributed by atoms with Crippen LogP contribution in [-0.2, 0) is 0 Å². The van der Waals surface area contributed by atoms with Gasteiger partial charge in [-0.2, -0.15) is 4.98 Å². The molecule has 0 fully saturated rings. The number of amides is 1. The molecule has 0 aromatic carbocycles. The molecule has 24 heavy (non-hydrogen) atoms. The van der Waals surface area contributed by atoms with E-state index in [9.17, 15) is 14.7 Å². The maximum absolute atomic E-state index is 12.4. The number of nitrogens with one attached hydrogen (secondary N) is 1. The molecule has 0 unspecified atom stereocenters. The van der Waals surface area contributed by atoms with Crippen LogP contribution in [0.15, 0.2) is 23.1 Å². The zero-order valence-electron chi connectivity index (χ0n) is 14.4. The van der Waals surface area contributed by atoms with Gasteiger partial charge in [0.2, 0.25) is 5.88 Å². The minimum atomic E-state index is -0.598. The van der Waals surface area contributed by atoms with E-state index < -0.39 is 17.3 Å². The Hall–Kier alpha value is -2.41. The van der Waals surface area contributed by atoms with Gasteiger partial charge in [0.15, 0.2) is 5.56 Å². The molecule has 2 aromatic rings. The fourth-order valence-electron chi connectivity index (χ4n) is 2.56. The summed E-state index contributed by atoms with van der Waals surface area (Å²) in [6.45, 7) is 9.26. The van der Waals surface area contributed by atoms with Crippen molar-refractivity contribution in [3.63, 3.8) is 0 Å². The van der Waals surface area contributed by atoms with Gasteiger partial charge >= 0.3 is 0 Å². The van der Waals surface area contributed by atoms with Gasteiger partial charge in [0.25, 0.3) is 11.5 Å². The highest BCUT2D eigenvalue weighted by Crippen LogP contribution is 2.12. The quantitative estimate of drug-likeness (QED) is 0.743. The van der Waals surface area contributed by atoms with Gasteiger partial charge in [0.1, 0.15) is 5.65 Å². The number of carbonyl (C=O) groups excluding carboxylic acids is 1. The third-order valence-electron chi connectivity index (χ3n) is 4.02. The van der Waals surface area contributed by atoms with E-state index in [-0.39, 0.29) is 5.56 Å². The fraction of sp³-hybridized carbons (Fsp3) is 0.471. The van der Waals surface area contributed by atoms with Crippen molar-refractivity contribution < 1.29 is 9.90 Å². The molecule has 7 nitrogen and oxygen atoms in total. The molecule has 2 heterocycles. The van der Waals surface area contributed by atoms with E-state index in [1.807, 2.05) is 6.92 Å². The fourth-order valence-corrected chi connectivity index (χ4v) is 2.56. The summed E-state index contributed by atoms with van der Waals surface area (Å²) in [5, 5.41) is 12.7. The van der Waals surface area contributed by atoms with Gasteiger partial charge in [-0.15, -0.1) is 0 Å². The highest BCUT2D eigenvalue weighted by molar-refractivity contribution is 5.96. The SMILES string of the molecule is CCN(CC)CCCNC(=O)c1c(O)nc2cc(C)ccn2c1=O. The number of hydrogen-bond acceptors (Lipinski definition) is 5. The molecule has 1 amide bonds. The zero-order valence-corrected chi connectivity index (χ0v) is 14.4. The van der Waals surface area contributed by atoms with Gasteiger partial charge in [-0.05, 0) is 50.7 Å². The van der Waals surface area contributed by atoms with Crippen LogP contribution in [0.4, 0.5) is 0 Å². The summed E-state index contributed by atoms with van der Waals surface area (Å²) in [6, 6.07) is 3.42. The number of aromatic nitrogens is 2. The summed E-state index contributed by atoms with van der Waals surface area (Å²) in [5.74, 6) is -1.13. The van der Waals surface area contributed by atoms with Gasteiger partial charge in [-0.25, -0.2) is 0 Å². The molecule has 0 aliphatic rings. The Morgan fingerprint density at radius 3 is 2.75 bits per heavy atom. The van der Waals surface area contributed by atoms with Crippen LogP contribution in [0.2, 0.25) is 0 Å². The van der Waals surface area contributed by atoms with Gasteiger partial charge in [-0.3, -0.25) is 14.0 Å². The average Bonchev–Trinajstić information content (AvgIpc) is 2.54. The first-order valence-corrected chi connectivity index (χ1v) is 8.20. The summed E-state index contributed by atoms with van der Waals surface area (Å²) in [5.41, 5.74) is 0.337. The van der Waals surface area contributed by atoms with Crippen LogP contribution in [-0.4, -0.2) is 51.5 Å². The lowest BCUT2D eigenvalue weighted by Gasteiger charge is -2.17. The number of hydrogen-bond donors (Lipinski definition) is 2. The lowest BCUT2D eigenvalue weighted by molar-refractivity contribution is 0.0946. The Labute approximate surface area is 140 Å². The number of aromatic hydroxyl groups is 1. The number of rotatable bonds is 7. The second-order valence-corrected chi connectivity index (χ2v) is 5.68. The number of aryl methyl sites for hydroxylation is 1. The third kappa shape index (κ3) is 3.91. The summed E-state index contributed by atoms with van der Waals surface area (Å²) < 4.78 is 1.26. The van der Waals surface area contributed by atoms with Crippen molar-refractivity contribution in [1.29, 1.82) is 0 Å². The van der Waals surface area contributed by atoms with Crippen LogP contribution < -0.4 is 10.9 Å². The van der Waals surface area contributed by atoms with E-state index in [0.29, 0.717) is 12.2 Å². The van der Waals surface area contributed by atoms with Crippen molar-refractivity contribution in [2.24, 2.45) is 0 Å². The van der Waals surface area contributed by atoms with Crippen molar-refractivity contribution in [2.75, 3.05) is 26.2 Å². The molecular weight excluding hydrogens is 308 g/mol. The zero-order chi connectivity index (χ0) is 17.7. The van der Waals surface area contributed by atoms with E-state index in [4.69, 9.17) is 0 Å². The normalized spacial score (nSPS) is 11.2. The number of carbonyl (C=O) groups is 1. The summed E-state index contributed by atoms with van der Waals surface area (Å²) in [4.78, 5) is 30.9. The highest BCUT2D eigenvalue weighted by atomic mass is 16.3. The lowest BCUT2D eigenvalue weighted by Crippen LogP contribution is -2.34. The maximum Gasteiger partial charge on any atom is 0.274 e. The molecule has 7 heteroatoms. The number of fused-ring (bicyclic) bond motifs is 1. The first kappa shape index (κ1) is 17.9. The van der Waals surface area contributed by atoms with Crippen molar-refractivity contribution in [3.05, 3.63) is 39.8 Å². The van der Waals surface area contributed by atoms with E-state index in [0.717, 1.165) is 31.6 Å². The van der Waals surface area contributed by atoms with Gasteiger partial charge < -0.3 is 15.3 Å². The Morgan fingerprint density at radius 2 is 2.08 bits per heavy atom. The first-order valence-electron chi connectivity index (χ1n) is 8.20. The predicted molar refractivity (Wildman–Crippen MR) is 92.6 cm³/mol. The maximum atomic E-state index is 12.4. The lowest BCUT2D eigenvalue weighted by atomic mass is 10.2. The molecule has 0 bridgehead atoms. The van der Waals surface area contributed by atoms with Crippen LogP contribution in [0, 0.1) is 6.92 Å². The molecule has 130 valence electrons. The molecule has 0 spiro atoms. The third-order valence-corrected chi connectivity index (χ3v) is 4.02. The molecule has 2 N–H and O–H groups in total. The second-order valence-electron chi connectivity index (χ2n) is 5.68. The van der Waals surface area contributed by atoms with Crippen LogP contribution in [0.3, 0.4) is 0 Å². The summed E-state index contributed by atoms with van der Waals surface area (Å²) >= 11 is 0. The van der Waals surface area contributed by atoms with E-state index in [2.05, 4.69) is 29.0 Å². The molecular formula is C17H24N4O3. The van der Waals surface area contributed by atoms with Crippen molar-refractivity contribution >= 4 is 11.6 Å². The van der Waals surface area contributed by atoms with Crippen molar-refractivity contribution in [3.8, 4) is 5.88 Å². The Bertz CT molecular complexity index is 781. The second kappa shape index (κ2) is 7.92. The topological polar surface area (TPSA) is 86.9 Å². The van der Waals surface area contributed by atoms with Crippen LogP contribution in [0.25, 0.3) is 5.65 Å². The Balaban J connectivity index is 2.12. The predicted octanol–water partition coefficient (Wildman–Crippen LogP) is 1.17. The minimum Gasteiger partial charge on any atom is -0.493 e. The Kier molecular flexibility index (Phi) is 5.92. The van der Waals surface area contributed by atoms with Crippen LogP contribution >= 0.6 is 0 Å². The van der Waals surface area contributed by atoms with Crippen molar-refractivity contribution in [1.82, 2.24) is 19.6 Å². The first-order chi connectivity index (χ1) is 11.5. The smallest absolute Gasteiger partial charge is 0.274 e. The molecule has 0 aliphatic heterocycles. The molecule has 0 saturated heterocycles. The molecule has 0 aliphatic carbocycles. The molecule has 2 rings (SSSR count). The minimum absolute atomic E-state index is 0.315. The van der Waals surface area contributed by atoms with E-state index >= 15 is 0 Å². The summed E-state index contributed by atoms with van der Waals surface area (Å²) in [6.07, 6.45) is 2.33. The number of pyridine rings is 1. The molecule has 0 atom stereocenters. The largest absolute Gasteiger partial charge is 0.493 e. The monoisotopic (exact) mass is 332 g/mol. The molecule has 2 aromatic heterocycles. The Morgan fingerprint density at radius 1 is 1.38 bits per heavy atom. The van der Waals surface area contributed by atoms with Gasteiger partial charge in [0.05, 0.1) is 0 Å².